The average Bonchev–Trinajstić information content (AvgIpc) is 2.89. The Balaban J connectivity index is 1.39. The zero-order chi connectivity index (χ0) is 24.8. The molecule has 3 aromatic rings. The minimum atomic E-state index is -0.0666. The van der Waals surface area contributed by atoms with Gasteiger partial charge in [0, 0.05) is 39.4 Å². The predicted octanol–water partition coefficient (Wildman–Crippen LogP) is 7.51. The van der Waals surface area contributed by atoms with Crippen LogP contribution in [0.2, 0.25) is 10.0 Å². The molecular weight excluding hydrogens is 477 g/mol. The van der Waals surface area contributed by atoms with Crippen LogP contribution in [0.3, 0.4) is 0 Å². The molecule has 1 aliphatic rings. The lowest BCUT2D eigenvalue weighted by atomic mass is 9.78. The van der Waals surface area contributed by atoms with Gasteiger partial charge in [-0.3, -0.25) is 9.59 Å². The van der Waals surface area contributed by atoms with Crippen LogP contribution in [-0.2, 0) is 11.2 Å². The number of carbonyl (C=O) groups excluding carboxylic acids is 2. The molecule has 1 amide bonds. The average molecular weight is 508 g/mol. The summed E-state index contributed by atoms with van der Waals surface area (Å²) in [4.78, 5) is 26.0. The summed E-state index contributed by atoms with van der Waals surface area (Å²) in [6.07, 6.45) is 3.77. The highest BCUT2D eigenvalue weighted by molar-refractivity contribution is 6.30. The van der Waals surface area contributed by atoms with E-state index in [4.69, 9.17) is 23.2 Å². The van der Waals surface area contributed by atoms with E-state index in [1.165, 1.54) is 0 Å². The van der Waals surface area contributed by atoms with E-state index in [-0.39, 0.29) is 35.5 Å². The van der Waals surface area contributed by atoms with Gasteiger partial charge in [0.1, 0.15) is 0 Å². The molecule has 5 heteroatoms. The fraction of sp³-hybridized carbons (Fsp3) is 0.333. The third kappa shape index (κ3) is 6.74. The summed E-state index contributed by atoms with van der Waals surface area (Å²) in [5, 5.41) is 4.69. The molecule has 2 unspecified atom stereocenters. The Kier molecular flexibility index (Phi) is 8.64. The van der Waals surface area contributed by atoms with Gasteiger partial charge in [-0.1, -0.05) is 77.8 Å². The summed E-state index contributed by atoms with van der Waals surface area (Å²) >= 11 is 12.2. The fourth-order valence-electron chi connectivity index (χ4n) is 5.07. The smallest absolute Gasteiger partial charge is 0.223 e. The van der Waals surface area contributed by atoms with Crippen molar-refractivity contribution in [2.45, 2.75) is 51.0 Å². The monoisotopic (exact) mass is 507 g/mol. The Morgan fingerprint density at radius 2 is 1.34 bits per heavy atom. The first-order valence-corrected chi connectivity index (χ1v) is 13.1. The van der Waals surface area contributed by atoms with E-state index in [0.29, 0.717) is 10.0 Å². The first-order valence-electron chi connectivity index (χ1n) is 12.3. The highest BCUT2D eigenvalue weighted by Gasteiger charge is 2.32. The lowest BCUT2D eigenvalue weighted by Gasteiger charge is -2.30. The number of hydrogen-bond acceptors (Lipinski definition) is 2. The summed E-state index contributed by atoms with van der Waals surface area (Å²) in [7, 11) is 0. The molecule has 182 valence electrons. The van der Waals surface area contributed by atoms with Crippen LogP contribution in [0.15, 0.2) is 78.9 Å². The fourth-order valence-corrected chi connectivity index (χ4v) is 5.32. The van der Waals surface area contributed by atoms with Crippen LogP contribution in [0, 0.1) is 11.8 Å². The SMILES string of the molecule is CC(NC(=O)[C@H]1CC[C@@H](C(=O)c2ccccc2)CC1)C(Cc1ccc(Cl)cc1)c1ccc(Cl)cc1. The first-order chi connectivity index (χ1) is 16.9. The molecule has 1 saturated carbocycles. The summed E-state index contributed by atoms with van der Waals surface area (Å²) in [5.41, 5.74) is 3.06. The Bertz CT molecular complexity index is 1120. The van der Waals surface area contributed by atoms with Gasteiger partial charge in [0.15, 0.2) is 5.78 Å². The number of hydrogen-bond donors (Lipinski definition) is 1. The second-order valence-electron chi connectivity index (χ2n) is 9.56. The molecule has 3 aromatic carbocycles. The highest BCUT2D eigenvalue weighted by atomic mass is 35.5. The number of benzene rings is 3. The predicted molar refractivity (Wildman–Crippen MR) is 143 cm³/mol. The largest absolute Gasteiger partial charge is 0.353 e. The van der Waals surface area contributed by atoms with Gasteiger partial charge in [0.2, 0.25) is 5.91 Å². The Hall–Kier alpha value is -2.62. The Morgan fingerprint density at radius 3 is 1.94 bits per heavy atom. The zero-order valence-electron chi connectivity index (χ0n) is 19.9. The Morgan fingerprint density at radius 1 is 0.800 bits per heavy atom. The van der Waals surface area contributed by atoms with Crippen molar-refractivity contribution in [1.29, 1.82) is 0 Å². The molecular formula is C30H31Cl2NO2. The van der Waals surface area contributed by atoms with E-state index in [2.05, 4.69) is 12.2 Å². The molecule has 1 fully saturated rings. The Labute approximate surface area is 217 Å². The number of halogens is 2. The van der Waals surface area contributed by atoms with E-state index in [1.54, 1.807) is 0 Å². The number of rotatable bonds is 8. The van der Waals surface area contributed by atoms with E-state index in [1.807, 2.05) is 78.9 Å². The number of amides is 1. The van der Waals surface area contributed by atoms with Crippen LogP contribution < -0.4 is 5.32 Å². The van der Waals surface area contributed by atoms with Crippen molar-refractivity contribution in [3.8, 4) is 0 Å². The van der Waals surface area contributed by atoms with Gasteiger partial charge in [0.25, 0.3) is 0 Å². The van der Waals surface area contributed by atoms with Crippen LogP contribution in [0.4, 0.5) is 0 Å². The minimum Gasteiger partial charge on any atom is -0.353 e. The maximum Gasteiger partial charge on any atom is 0.223 e. The summed E-state index contributed by atoms with van der Waals surface area (Å²) < 4.78 is 0. The third-order valence-electron chi connectivity index (χ3n) is 7.17. The molecule has 0 bridgehead atoms. The van der Waals surface area contributed by atoms with Gasteiger partial charge in [-0.25, -0.2) is 0 Å². The molecule has 1 aliphatic carbocycles. The van der Waals surface area contributed by atoms with E-state index in [9.17, 15) is 9.59 Å². The second-order valence-corrected chi connectivity index (χ2v) is 10.4. The van der Waals surface area contributed by atoms with Crippen molar-refractivity contribution in [3.05, 3.63) is 106 Å². The van der Waals surface area contributed by atoms with Crippen molar-refractivity contribution >= 4 is 34.9 Å². The van der Waals surface area contributed by atoms with Crippen LogP contribution >= 0.6 is 23.2 Å². The van der Waals surface area contributed by atoms with Crippen molar-refractivity contribution < 1.29 is 9.59 Å². The lowest BCUT2D eigenvalue weighted by molar-refractivity contribution is -0.126. The van der Waals surface area contributed by atoms with Crippen molar-refractivity contribution in [3.63, 3.8) is 0 Å². The molecule has 1 N–H and O–H groups in total. The topological polar surface area (TPSA) is 46.2 Å². The molecule has 2 atom stereocenters. The number of carbonyl (C=O) groups is 2. The van der Waals surface area contributed by atoms with Crippen LogP contribution in [-0.4, -0.2) is 17.7 Å². The minimum absolute atomic E-state index is 0.00518. The maximum absolute atomic E-state index is 13.2. The molecule has 0 aliphatic heterocycles. The van der Waals surface area contributed by atoms with E-state index in [0.717, 1.165) is 48.8 Å². The number of Topliss-reactive ketones (excluding diaryl/α,β-unsaturated/α-hetero) is 1. The quantitative estimate of drug-likeness (QED) is 0.320. The molecule has 4 rings (SSSR count). The van der Waals surface area contributed by atoms with Crippen LogP contribution in [0.25, 0.3) is 0 Å². The molecule has 35 heavy (non-hydrogen) atoms. The van der Waals surface area contributed by atoms with Crippen molar-refractivity contribution in [2.24, 2.45) is 11.8 Å². The molecule has 0 radical (unpaired) electrons. The summed E-state index contributed by atoms with van der Waals surface area (Å²) in [6, 6.07) is 25.1. The standard InChI is InChI=1S/C30H31Cl2NO2/c1-20(28(22-13-17-27(32)18-14-22)19-21-7-15-26(31)16-8-21)33-30(35)25-11-9-24(10-12-25)29(34)23-5-3-2-4-6-23/h2-8,13-18,20,24-25,28H,9-12,19H2,1H3,(H,33,35)/t20?,24-,25+,28?. The molecule has 0 spiro atoms. The maximum atomic E-state index is 13.2. The van der Waals surface area contributed by atoms with Crippen molar-refractivity contribution in [2.75, 3.05) is 0 Å². The summed E-state index contributed by atoms with van der Waals surface area (Å²) in [6.45, 7) is 2.07. The van der Waals surface area contributed by atoms with Gasteiger partial charge >= 0.3 is 0 Å². The van der Waals surface area contributed by atoms with Gasteiger partial charge in [-0.05, 0) is 74.4 Å². The van der Waals surface area contributed by atoms with E-state index >= 15 is 0 Å². The number of nitrogens with one attached hydrogen (secondary N) is 1. The van der Waals surface area contributed by atoms with Gasteiger partial charge in [-0.15, -0.1) is 0 Å². The number of ketones is 1. The van der Waals surface area contributed by atoms with E-state index < -0.39 is 0 Å². The molecule has 0 saturated heterocycles. The zero-order valence-corrected chi connectivity index (χ0v) is 21.4. The highest BCUT2D eigenvalue weighted by Crippen LogP contribution is 2.32. The van der Waals surface area contributed by atoms with Crippen LogP contribution in [0.1, 0.15) is 60.0 Å². The first kappa shape index (κ1) is 25.5. The molecule has 0 heterocycles. The molecule has 0 aromatic heterocycles. The normalized spacial score (nSPS) is 19.5. The van der Waals surface area contributed by atoms with Crippen molar-refractivity contribution in [1.82, 2.24) is 5.32 Å². The lowest BCUT2D eigenvalue weighted by Crippen LogP contribution is -2.42. The molecule has 3 nitrogen and oxygen atoms in total. The van der Waals surface area contributed by atoms with Gasteiger partial charge in [-0.2, -0.15) is 0 Å². The van der Waals surface area contributed by atoms with Crippen LogP contribution in [0.5, 0.6) is 0 Å². The second kappa shape index (κ2) is 11.9. The summed E-state index contributed by atoms with van der Waals surface area (Å²) in [5.74, 6) is 0.319. The third-order valence-corrected chi connectivity index (χ3v) is 7.67. The van der Waals surface area contributed by atoms with Gasteiger partial charge < -0.3 is 5.32 Å². The van der Waals surface area contributed by atoms with Gasteiger partial charge in [0.05, 0.1) is 0 Å².